The summed E-state index contributed by atoms with van der Waals surface area (Å²) in [5, 5.41) is 9.41. The minimum Gasteiger partial charge on any atom is -0.459 e. The lowest BCUT2D eigenvalue weighted by Crippen LogP contribution is -2.29. The molecule has 0 aliphatic carbocycles. The first-order valence-corrected chi connectivity index (χ1v) is 7.77. The van der Waals surface area contributed by atoms with Gasteiger partial charge in [-0.3, -0.25) is 4.68 Å². The number of hydrogen-bond donors (Lipinski definition) is 1. The molecule has 3 aromatic rings. The number of hydrogen-bond acceptors (Lipinski definition) is 4. The van der Waals surface area contributed by atoms with E-state index in [9.17, 15) is 0 Å². The molecule has 5 nitrogen and oxygen atoms in total. The third-order valence-corrected chi connectivity index (χ3v) is 3.95. The van der Waals surface area contributed by atoms with Gasteiger partial charge in [0.15, 0.2) is 0 Å². The highest BCUT2D eigenvalue weighted by Gasteiger charge is 2.14. The third-order valence-electron chi connectivity index (χ3n) is 3.72. The Labute approximate surface area is 134 Å². The summed E-state index contributed by atoms with van der Waals surface area (Å²) in [5.41, 5.74) is 0.864. The summed E-state index contributed by atoms with van der Waals surface area (Å²) in [6.45, 7) is 5.11. The Hall–Kier alpha value is -1.85. The fourth-order valence-corrected chi connectivity index (χ4v) is 2.70. The topological polar surface area (TPSA) is 55.9 Å². The molecular formula is C16H19ClN4O. The van der Waals surface area contributed by atoms with Crippen molar-refractivity contribution < 1.29 is 4.42 Å². The molecule has 1 N–H and O–H groups in total. The predicted molar refractivity (Wildman–Crippen MR) is 86.9 cm³/mol. The summed E-state index contributed by atoms with van der Waals surface area (Å²) in [7, 11) is 0. The van der Waals surface area contributed by atoms with Crippen molar-refractivity contribution in [3.8, 4) is 0 Å². The van der Waals surface area contributed by atoms with Crippen molar-refractivity contribution in [2.45, 2.75) is 38.9 Å². The monoisotopic (exact) mass is 318 g/mol. The summed E-state index contributed by atoms with van der Waals surface area (Å²) >= 11 is 6.01. The molecule has 2 aromatic heterocycles. The van der Waals surface area contributed by atoms with Gasteiger partial charge in [-0.05, 0) is 44.5 Å². The molecule has 0 fully saturated rings. The zero-order chi connectivity index (χ0) is 15.5. The minimum atomic E-state index is 0.136. The lowest BCUT2D eigenvalue weighted by molar-refractivity contribution is 0.383. The van der Waals surface area contributed by atoms with Crippen molar-refractivity contribution in [2.24, 2.45) is 0 Å². The Morgan fingerprint density at radius 2 is 2.18 bits per heavy atom. The fourth-order valence-electron chi connectivity index (χ4n) is 2.51. The molecule has 0 unspecified atom stereocenters. The molecule has 0 saturated heterocycles. The van der Waals surface area contributed by atoms with Crippen molar-refractivity contribution in [1.29, 1.82) is 0 Å². The molecule has 6 heteroatoms. The molecule has 0 aliphatic rings. The predicted octanol–water partition coefficient (Wildman–Crippen LogP) is 3.81. The van der Waals surface area contributed by atoms with E-state index in [1.165, 1.54) is 0 Å². The average Bonchev–Trinajstić information content (AvgIpc) is 3.13. The Morgan fingerprint density at radius 3 is 2.95 bits per heavy atom. The van der Waals surface area contributed by atoms with Gasteiger partial charge in [0.05, 0.1) is 6.04 Å². The molecule has 116 valence electrons. The first kappa shape index (κ1) is 15.1. The summed E-state index contributed by atoms with van der Waals surface area (Å²) in [4.78, 5) is 3.95. The van der Waals surface area contributed by atoms with Gasteiger partial charge in [-0.2, -0.15) is 5.10 Å². The molecule has 3 rings (SSSR count). The van der Waals surface area contributed by atoms with Gasteiger partial charge in [-0.1, -0.05) is 11.6 Å². The van der Waals surface area contributed by atoms with Crippen LogP contribution in [0.2, 0.25) is 5.02 Å². The number of nitrogens with zero attached hydrogens (tertiary/aromatic N) is 3. The maximum atomic E-state index is 6.01. The largest absolute Gasteiger partial charge is 0.459 e. The van der Waals surface area contributed by atoms with Gasteiger partial charge in [0.2, 0.25) is 0 Å². The van der Waals surface area contributed by atoms with E-state index in [1.807, 2.05) is 28.9 Å². The van der Waals surface area contributed by atoms with E-state index < -0.39 is 0 Å². The molecular weight excluding hydrogens is 300 g/mol. The van der Waals surface area contributed by atoms with Crippen LogP contribution in [0.15, 0.2) is 41.3 Å². The van der Waals surface area contributed by atoms with Crippen molar-refractivity contribution >= 4 is 22.6 Å². The zero-order valence-electron chi connectivity index (χ0n) is 12.7. The number of aromatic nitrogens is 3. The van der Waals surface area contributed by atoms with E-state index in [4.69, 9.17) is 16.0 Å². The van der Waals surface area contributed by atoms with Crippen LogP contribution in [0.3, 0.4) is 0 Å². The molecule has 0 radical (unpaired) electrons. The molecule has 2 atom stereocenters. The maximum absolute atomic E-state index is 6.01. The Morgan fingerprint density at radius 1 is 1.32 bits per heavy atom. The number of aryl methyl sites for hydroxylation is 1. The van der Waals surface area contributed by atoms with E-state index in [0.717, 1.165) is 34.7 Å². The van der Waals surface area contributed by atoms with Gasteiger partial charge in [0, 0.05) is 23.0 Å². The third kappa shape index (κ3) is 3.48. The van der Waals surface area contributed by atoms with E-state index in [2.05, 4.69) is 29.2 Å². The summed E-state index contributed by atoms with van der Waals surface area (Å²) in [5.74, 6) is 0.921. The zero-order valence-corrected chi connectivity index (χ0v) is 13.4. The summed E-state index contributed by atoms with van der Waals surface area (Å²) in [6.07, 6.45) is 4.26. The van der Waals surface area contributed by atoms with E-state index in [0.29, 0.717) is 6.04 Å². The van der Waals surface area contributed by atoms with Gasteiger partial charge in [0.1, 0.15) is 24.0 Å². The molecule has 1 aromatic carbocycles. The van der Waals surface area contributed by atoms with E-state index >= 15 is 0 Å². The first-order valence-electron chi connectivity index (χ1n) is 7.39. The summed E-state index contributed by atoms with van der Waals surface area (Å²) in [6, 6.07) is 8.19. The smallest absolute Gasteiger partial charge is 0.137 e. The number of benzene rings is 1. The second-order valence-electron chi connectivity index (χ2n) is 5.57. The van der Waals surface area contributed by atoms with E-state index in [1.54, 1.807) is 12.7 Å². The van der Waals surface area contributed by atoms with Gasteiger partial charge >= 0.3 is 0 Å². The van der Waals surface area contributed by atoms with Crippen molar-refractivity contribution in [3.63, 3.8) is 0 Å². The van der Waals surface area contributed by atoms with Crippen LogP contribution < -0.4 is 5.32 Å². The van der Waals surface area contributed by atoms with Crippen LogP contribution in [-0.2, 0) is 6.54 Å². The first-order chi connectivity index (χ1) is 10.6. The standard InChI is InChI=1S/C16H19ClN4O/c1-11(5-6-21-10-18-9-19-21)20-12(2)16-8-13-7-14(17)3-4-15(13)22-16/h3-4,7-12,20H,5-6H2,1-2H3/t11-,12+/m1/s1. The van der Waals surface area contributed by atoms with Gasteiger partial charge in [0.25, 0.3) is 0 Å². The van der Waals surface area contributed by atoms with Crippen LogP contribution in [-0.4, -0.2) is 20.8 Å². The molecule has 0 aliphatic heterocycles. The Kier molecular flexibility index (Phi) is 4.45. The lowest BCUT2D eigenvalue weighted by atomic mass is 10.1. The number of nitrogens with one attached hydrogen (secondary N) is 1. The number of rotatable bonds is 6. The van der Waals surface area contributed by atoms with Crippen LogP contribution in [0.4, 0.5) is 0 Å². The highest BCUT2D eigenvalue weighted by atomic mass is 35.5. The molecule has 0 bridgehead atoms. The van der Waals surface area contributed by atoms with Gasteiger partial charge in [-0.25, -0.2) is 4.98 Å². The van der Waals surface area contributed by atoms with Gasteiger partial charge < -0.3 is 9.73 Å². The maximum Gasteiger partial charge on any atom is 0.137 e. The highest BCUT2D eigenvalue weighted by molar-refractivity contribution is 6.31. The Bertz CT molecular complexity index is 738. The summed E-state index contributed by atoms with van der Waals surface area (Å²) < 4.78 is 7.73. The average molecular weight is 319 g/mol. The van der Waals surface area contributed by atoms with Crippen LogP contribution >= 0.6 is 11.6 Å². The van der Waals surface area contributed by atoms with Crippen molar-refractivity contribution in [2.75, 3.05) is 0 Å². The van der Waals surface area contributed by atoms with Crippen LogP contribution in [0.5, 0.6) is 0 Å². The molecule has 22 heavy (non-hydrogen) atoms. The number of furan rings is 1. The quantitative estimate of drug-likeness (QED) is 0.751. The van der Waals surface area contributed by atoms with Gasteiger partial charge in [-0.15, -0.1) is 0 Å². The normalized spacial score (nSPS) is 14.3. The van der Waals surface area contributed by atoms with Crippen molar-refractivity contribution in [1.82, 2.24) is 20.1 Å². The second kappa shape index (κ2) is 6.50. The van der Waals surface area contributed by atoms with Crippen LogP contribution in [0.1, 0.15) is 32.1 Å². The van der Waals surface area contributed by atoms with Crippen LogP contribution in [0, 0.1) is 0 Å². The number of halogens is 1. The molecule has 0 saturated carbocycles. The number of fused-ring (bicyclic) bond motifs is 1. The lowest BCUT2D eigenvalue weighted by Gasteiger charge is -2.18. The minimum absolute atomic E-state index is 0.136. The second-order valence-corrected chi connectivity index (χ2v) is 6.00. The Balaban J connectivity index is 1.61. The van der Waals surface area contributed by atoms with Crippen molar-refractivity contribution in [3.05, 3.63) is 47.7 Å². The fraction of sp³-hybridized carbons (Fsp3) is 0.375. The molecule has 2 heterocycles. The SMILES string of the molecule is C[C@H](CCn1cncn1)N[C@@H](C)c1cc2cc(Cl)ccc2o1. The van der Waals surface area contributed by atoms with Crippen LogP contribution in [0.25, 0.3) is 11.0 Å². The molecule has 0 amide bonds. The molecule has 0 spiro atoms. The van der Waals surface area contributed by atoms with E-state index in [-0.39, 0.29) is 6.04 Å². The highest BCUT2D eigenvalue weighted by Crippen LogP contribution is 2.26.